The number of fused-ring (bicyclic) bond motifs is 1. The predicted molar refractivity (Wildman–Crippen MR) is 49.9 cm³/mol. The highest BCUT2D eigenvalue weighted by Gasteiger charge is 2.43. The van der Waals surface area contributed by atoms with E-state index in [9.17, 15) is 4.79 Å². The maximum Gasteiger partial charge on any atom is 0.322 e. The molecular formula is C10H9NO4. The van der Waals surface area contributed by atoms with Gasteiger partial charge in [0.15, 0.2) is 11.5 Å². The summed E-state index contributed by atoms with van der Waals surface area (Å²) in [6.07, 6.45) is 0. The van der Waals surface area contributed by atoms with Gasteiger partial charge in [-0.1, -0.05) is 6.07 Å². The molecule has 1 fully saturated rings. The number of aliphatic carboxylic acids is 1. The van der Waals surface area contributed by atoms with Gasteiger partial charge in [-0.25, -0.2) is 0 Å². The third-order valence-corrected chi connectivity index (χ3v) is 2.61. The fourth-order valence-electron chi connectivity index (χ4n) is 1.75. The van der Waals surface area contributed by atoms with Crippen LogP contribution in [0.15, 0.2) is 18.2 Å². The van der Waals surface area contributed by atoms with Crippen molar-refractivity contribution in [2.24, 2.45) is 0 Å². The molecule has 0 unspecified atom stereocenters. The third kappa shape index (κ3) is 1.32. The first-order valence-electron chi connectivity index (χ1n) is 4.64. The summed E-state index contributed by atoms with van der Waals surface area (Å²) in [6.45, 7) is 0.235. The van der Waals surface area contributed by atoms with Crippen LogP contribution in [0.3, 0.4) is 0 Å². The summed E-state index contributed by atoms with van der Waals surface area (Å²) in [7, 11) is 0. The number of carboxylic acids is 1. The van der Waals surface area contributed by atoms with Gasteiger partial charge in [0.1, 0.15) is 6.04 Å². The van der Waals surface area contributed by atoms with E-state index in [2.05, 4.69) is 5.32 Å². The first-order chi connectivity index (χ1) is 7.25. The number of benzene rings is 1. The van der Waals surface area contributed by atoms with Crippen LogP contribution in [0.1, 0.15) is 11.6 Å². The Bertz CT molecular complexity index is 431. The van der Waals surface area contributed by atoms with Crippen molar-refractivity contribution < 1.29 is 19.4 Å². The molecule has 5 nitrogen and oxygen atoms in total. The molecule has 0 amide bonds. The number of ether oxygens (including phenoxy) is 2. The summed E-state index contributed by atoms with van der Waals surface area (Å²) in [6, 6.07) is 4.91. The zero-order valence-corrected chi connectivity index (χ0v) is 7.77. The lowest BCUT2D eigenvalue weighted by molar-refractivity contribution is -0.136. The van der Waals surface area contributed by atoms with Crippen LogP contribution >= 0.6 is 0 Å². The number of rotatable bonds is 2. The molecule has 0 bridgehead atoms. The second kappa shape index (κ2) is 2.87. The highest BCUT2D eigenvalue weighted by Crippen LogP contribution is 2.38. The van der Waals surface area contributed by atoms with Crippen LogP contribution in [0.25, 0.3) is 0 Å². The summed E-state index contributed by atoms with van der Waals surface area (Å²) >= 11 is 0. The van der Waals surface area contributed by atoms with E-state index in [1.54, 1.807) is 6.07 Å². The second-order valence-electron chi connectivity index (χ2n) is 3.57. The molecule has 15 heavy (non-hydrogen) atoms. The Labute approximate surface area is 85.6 Å². The molecular weight excluding hydrogens is 198 g/mol. The van der Waals surface area contributed by atoms with E-state index in [-0.39, 0.29) is 12.8 Å². The molecule has 1 saturated heterocycles. The number of carboxylic acid groups (broad SMARTS) is 1. The zero-order valence-electron chi connectivity index (χ0n) is 7.77. The first-order valence-corrected chi connectivity index (χ1v) is 4.64. The lowest BCUT2D eigenvalue weighted by Gasteiger charge is -1.99. The van der Waals surface area contributed by atoms with Crippen LogP contribution in [-0.2, 0) is 4.79 Å². The van der Waals surface area contributed by atoms with Crippen LogP contribution in [0.4, 0.5) is 0 Å². The molecule has 0 saturated carbocycles. The van der Waals surface area contributed by atoms with Crippen LogP contribution in [0.2, 0.25) is 0 Å². The number of carbonyl (C=O) groups is 1. The molecule has 3 rings (SSSR count). The Kier molecular flexibility index (Phi) is 1.63. The van der Waals surface area contributed by atoms with Gasteiger partial charge >= 0.3 is 5.97 Å². The van der Waals surface area contributed by atoms with Gasteiger partial charge in [0, 0.05) is 0 Å². The molecule has 2 N–H and O–H groups in total. The fourth-order valence-corrected chi connectivity index (χ4v) is 1.75. The van der Waals surface area contributed by atoms with Crippen molar-refractivity contribution in [3.8, 4) is 11.5 Å². The molecule has 2 aliphatic heterocycles. The van der Waals surface area contributed by atoms with Gasteiger partial charge in [-0.05, 0) is 17.7 Å². The highest BCUT2D eigenvalue weighted by atomic mass is 16.7. The van der Waals surface area contributed by atoms with Crippen molar-refractivity contribution in [1.29, 1.82) is 0 Å². The molecule has 0 spiro atoms. The smallest absolute Gasteiger partial charge is 0.322 e. The third-order valence-electron chi connectivity index (χ3n) is 2.61. The van der Waals surface area contributed by atoms with Gasteiger partial charge in [-0.2, -0.15) is 0 Å². The van der Waals surface area contributed by atoms with E-state index in [1.807, 2.05) is 12.1 Å². The van der Waals surface area contributed by atoms with Gasteiger partial charge in [-0.3, -0.25) is 10.1 Å². The molecule has 0 aliphatic carbocycles. The molecule has 0 radical (unpaired) electrons. The zero-order chi connectivity index (χ0) is 10.4. The van der Waals surface area contributed by atoms with Crippen LogP contribution in [0.5, 0.6) is 11.5 Å². The molecule has 2 atom stereocenters. The Balaban J connectivity index is 1.86. The van der Waals surface area contributed by atoms with Crippen LogP contribution in [0, 0.1) is 0 Å². The fraction of sp³-hybridized carbons (Fsp3) is 0.300. The van der Waals surface area contributed by atoms with Crippen molar-refractivity contribution in [3.63, 3.8) is 0 Å². The van der Waals surface area contributed by atoms with E-state index < -0.39 is 12.0 Å². The molecule has 5 heteroatoms. The SMILES string of the molecule is O=C(O)[C@H]1N[C@@H]1c1ccc2c(c1)OCO2. The first kappa shape index (κ1) is 8.55. The van der Waals surface area contributed by atoms with Crippen molar-refractivity contribution in [2.75, 3.05) is 6.79 Å². The molecule has 2 heterocycles. The molecule has 2 aliphatic rings. The normalized spacial score (nSPS) is 26.4. The summed E-state index contributed by atoms with van der Waals surface area (Å²) in [5.41, 5.74) is 0.923. The van der Waals surface area contributed by atoms with E-state index in [0.717, 1.165) is 5.56 Å². The van der Waals surface area contributed by atoms with Crippen LogP contribution in [-0.4, -0.2) is 23.9 Å². The Morgan fingerprint density at radius 3 is 2.93 bits per heavy atom. The van der Waals surface area contributed by atoms with E-state index >= 15 is 0 Å². The van der Waals surface area contributed by atoms with Gasteiger partial charge in [0.2, 0.25) is 6.79 Å². The molecule has 78 valence electrons. The predicted octanol–water partition coefficient (Wildman–Crippen LogP) is 0.513. The van der Waals surface area contributed by atoms with Gasteiger partial charge in [-0.15, -0.1) is 0 Å². The minimum atomic E-state index is -0.822. The maximum absolute atomic E-state index is 10.7. The Morgan fingerprint density at radius 2 is 2.20 bits per heavy atom. The lowest BCUT2D eigenvalue weighted by atomic mass is 10.1. The van der Waals surface area contributed by atoms with E-state index in [0.29, 0.717) is 11.5 Å². The average Bonchev–Trinajstić information content (AvgIpc) is 2.89. The minimum absolute atomic E-state index is 0.100. The molecule has 1 aromatic carbocycles. The summed E-state index contributed by atoms with van der Waals surface area (Å²) < 4.78 is 10.4. The Morgan fingerprint density at radius 1 is 1.40 bits per heavy atom. The minimum Gasteiger partial charge on any atom is -0.480 e. The van der Waals surface area contributed by atoms with Gasteiger partial charge in [0.05, 0.1) is 6.04 Å². The summed E-state index contributed by atoms with van der Waals surface area (Å²) in [4.78, 5) is 10.7. The van der Waals surface area contributed by atoms with Crippen molar-refractivity contribution in [1.82, 2.24) is 5.32 Å². The topological polar surface area (TPSA) is 77.7 Å². The number of hydrogen-bond acceptors (Lipinski definition) is 4. The maximum atomic E-state index is 10.7. The second-order valence-corrected chi connectivity index (χ2v) is 3.57. The van der Waals surface area contributed by atoms with E-state index in [1.165, 1.54) is 0 Å². The quantitative estimate of drug-likeness (QED) is 0.691. The van der Waals surface area contributed by atoms with Crippen LogP contribution < -0.4 is 14.8 Å². The number of nitrogens with one attached hydrogen (secondary N) is 1. The Hall–Kier alpha value is -1.75. The summed E-state index contributed by atoms with van der Waals surface area (Å²) in [5.74, 6) is 0.578. The monoisotopic (exact) mass is 207 g/mol. The number of hydrogen-bond donors (Lipinski definition) is 2. The lowest BCUT2D eigenvalue weighted by Crippen LogP contribution is -2.07. The highest BCUT2D eigenvalue weighted by molar-refractivity contribution is 5.78. The average molecular weight is 207 g/mol. The molecule has 1 aromatic rings. The van der Waals surface area contributed by atoms with Crippen molar-refractivity contribution >= 4 is 5.97 Å². The summed E-state index contributed by atoms with van der Waals surface area (Å²) in [5, 5.41) is 11.6. The van der Waals surface area contributed by atoms with E-state index in [4.69, 9.17) is 14.6 Å². The largest absolute Gasteiger partial charge is 0.480 e. The van der Waals surface area contributed by atoms with Gasteiger partial charge < -0.3 is 14.6 Å². The van der Waals surface area contributed by atoms with Crippen molar-refractivity contribution in [3.05, 3.63) is 23.8 Å². The standard InChI is InChI=1S/C10H9NO4/c12-10(13)9-8(11-9)5-1-2-6-7(3-5)15-4-14-6/h1-3,8-9,11H,4H2,(H,12,13)/t8-,9+/m1/s1. The van der Waals surface area contributed by atoms with Crippen molar-refractivity contribution in [2.45, 2.75) is 12.1 Å². The van der Waals surface area contributed by atoms with Gasteiger partial charge in [0.25, 0.3) is 0 Å². The molecule has 0 aromatic heterocycles.